The molecule has 0 bridgehead atoms. The SMILES string of the molecule is CNS(=O)(=O)c1ccc(CNCc2c(C)nn(C)c2OC)s1. The van der Waals surface area contributed by atoms with Crippen LogP contribution in [0.4, 0.5) is 0 Å². The molecular formula is C13H20N4O3S2. The molecule has 0 aromatic carbocycles. The number of sulfonamides is 1. The smallest absolute Gasteiger partial charge is 0.249 e. The van der Waals surface area contributed by atoms with Crippen molar-refractivity contribution >= 4 is 21.4 Å². The van der Waals surface area contributed by atoms with Crippen molar-refractivity contribution in [1.82, 2.24) is 19.8 Å². The monoisotopic (exact) mass is 344 g/mol. The van der Waals surface area contributed by atoms with E-state index in [-0.39, 0.29) is 0 Å². The van der Waals surface area contributed by atoms with Gasteiger partial charge in [-0.25, -0.2) is 17.8 Å². The summed E-state index contributed by atoms with van der Waals surface area (Å²) in [6.07, 6.45) is 0. The van der Waals surface area contributed by atoms with Gasteiger partial charge in [0.25, 0.3) is 0 Å². The lowest BCUT2D eigenvalue weighted by Gasteiger charge is -2.06. The number of ether oxygens (including phenoxy) is 1. The number of nitrogens with zero attached hydrogens (tertiary/aromatic N) is 2. The molecule has 0 amide bonds. The van der Waals surface area contributed by atoms with Crippen molar-refractivity contribution in [1.29, 1.82) is 0 Å². The molecule has 0 fully saturated rings. The summed E-state index contributed by atoms with van der Waals surface area (Å²) >= 11 is 1.25. The summed E-state index contributed by atoms with van der Waals surface area (Å²) in [7, 11) is 1.50. The summed E-state index contributed by atoms with van der Waals surface area (Å²) in [5.74, 6) is 0.731. The average Bonchev–Trinajstić information content (AvgIpc) is 3.05. The zero-order valence-electron chi connectivity index (χ0n) is 13.0. The Balaban J connectivity index is 2.01. The number of hydrogen-bond acceptors (Lipinski definition) is 6. The minimum atomic E-state index is -3.36. The van der Waals surface area contributed by atoms with Crippen molar-refractivity contribution in [3.8, 4) is 5.88 Å². The quantitative estimate of drug-likeness (QED) is 0.783. The summed E-state index contributed by atoms with van der Waals surface area (Å²) in [5.41, 5.74) is 1.92. The van der Waals surface area contributed by atoms with Crippen molar-refractivity contribution in [2.75, 3.05) is 14.2 Å². The lowest BCUT2D eigenvalue weighted by molar-refractivity contribution is 0.368. The molecule has 0 saturated heterocycles. The summed E-state index contributed by atoms with van der Waals surface area (Å²) in [5, 5.41) is 7.61. The predicted molar refractivity (Wildman–Crippen MR) is 85.6 cm³/mol. The molecule has 2 rings (SSSR count). The Morgan fingerprint density at radius 1 is 1.36 bits per heavy atom. The van der Waals surface area contributed by atoms with Crippen LogP contribution in [0.5, 0.6) is 5.88 Å². The van der Waals surface area contributed by atoms with Crippen molar-refractivity contribution in [3.63, 3.8) is 0 Å². The molecule has 22 heavy (non-hydrogen) atoms. The van der Waals surface area contributed by atoms with Gasteiger partial charge in [-0.05, 0) is 26.1 Å². The largest absolute Gasteiger partial charge is 0.481 e. The van der Waals surface area contributed by atoms with Crippen LogP contribution >= 0.6 is 11.3 Å². The zero-order valence-corrected chi connectivity index (χ0v) is 14.6. The van der Waals surface area contributed by atoms with Gasteiger partial charge in [0, 0.05) is 25.0 Å². The van der Waals surface area contributed by atoms with Crippen molar-refractivity contribution in [3.05, 3.63) is 28.3 Å². The Hall–Kier alpha value is -1.42. The first-order chi connectivity index (χ1) is 10.4. The zero-order chi connectivity index (χ0) is 16.3. The van der Waals surface area contributed by atoms with E-state index in [9.17, 15) is 8.42 Å². The minimum Gasteiger partial charge on any atom is -0.481 e. The number of nitrogens with one attached hydrogen (secondary N) is 2. The molecule has 0 saturated carbocycles. The Kier molecular flexibility index (Phi) is 5.22. The molecule has 0 spiro atoms. The van der Waals surface area contributed by atoms with Gasteiger partial charge in [0.2, 0.25) is 15.9 Å². The first kappa shape index (κ1) is 16.9. The molecule has 2 N–H and O–H groups in total. The molecule has 2 aromatic rings. The van der Waals surface area contributed by atoms with Gasteiger partial charge in [-0.1, -0.05) is 0 Å². The van der Waals surface area contributed by atoms with Gasteiger partial charge in [0.15, 0.2) is 0 Å². The second kappa shape index (κ2) is 6.78. The molecule has 0 aliphatic heterocycles. The Morgan fingerprint density at radius 3 is 2.73 bits per heavy atom. The normalized spacial score (nSPS) is 11.8. The average molecular weight is 344 g/mol. The Bertz CT molecular complexity index is 749. The van der Waals surface area contributed by atoms with Crippen LogP contribution in [0.1, 0.15) is 16.1 Å². The number of methoxy groups -OCH3 is 1. The van der Waals surface area contributed by atoms with E-state index in [0.29, 0.717) is 17.3 Å². The molecule has 2 heterocycles. The fraction of sp³-hybridized carbons (Fsp3) is 0.462. The molecule has 0 radical (unpaired) electrons. The number of aromatic nitrogens is 2. The van der Waals surface area contributed by atoms with Crippen LogP contribution in [0.3, 0.4) is 0 Å². The Labute approximate surface area is 134 Å². The molecule has 9 heteroatoms. The number of thiophene rings is 1. The molecular weight excluding hydrogens is 324 g/mol. The summed E-state index contributed by atoms with van der Waals surface area (Å²) in [4.78, 5) is 0.953. The van der Waals surface area contributed by atoms with E-state index in [1.807, 2.05) is 20.0 Å². The van der Waals surface area contributed by atoms with Gasteiger partial charge in [-0.3, -0.25) is 0 Å². The van der Waals surface area contributed by atoms with E-state index >= 15 is 0 Å². The van der Waals surface area contributed by atoms with E-state index < -0.39 is 10.0 Å². The van der Waals surface area contributed by atoms with Crippen LogP contribution in [0.2, 0.25) is 0 Å². The highest BCUT2D eigenvalue weighted by Crippen LogP contribution is 2.23. The van der Waals surface area contributed by atoms with Gasteiger partial charge in [-0.15, -0.1) is 11.3 Å². The second-order valence-electron chi connectivity index (χ2n) is 4.73. The van der Waals surface area contributed by atoms with E-state index in [4.69, 9.17) is 4.74 Å². The maximum absolute atomic E-state index is 11.7. The molecule has 0 unspecified atom stereocenters. The fourth-order valence-electron chi connectivity index (χ4n) is 2.15. The van der Waals surface area contributed by atoms with Gasteiger partial charge < -0.3 is 10.1 Å². The van der Waals surface area contributed by atoms with E-state index in [2.05, 4.69) is 15.1 Å². The molecule has 0 atom stereocenters. The van der Waals surface area contributed by atoms with Gasteiger partial charge in [-0.2, -0.15) is 5.10 Å². The van der Waals surface area contributed by atoms with E-state index in [1.165, 1.54) is 18.4 Å². The van der Waals surface area contributed by atoms with Crippen LogP contribution in [-0.2, 0) is 30.2 Å². The van der Waals surface area contributed by atoms with Crippen LogP contribution in [0.25, 0.3) is 0 Å². The maximum Gasteiger partial charge on any atom is 0.249 e. The fourth-order valence-corrected chi connectivity index (χ4v) is 4.31. The molecule has 0 aliphatic rings. The van der Waals surface area contributed by atoms with E-state index in [0.717, 1.165) is 22.0 Å². The number of aryl methyl sites for hydroxylation is 2. The molecule has 122 valence electrons. The molecule has 0 aliphatic carbocycles. The molecule has 7 nitrogen and oxygen atoms in total. The van der Waals surface area contributed by atoms with Crippen molar-refractivity contribution in [2.45, 2.75) is 24.2 Å². The highest BCUT2D eigenvalue weighted by molar-refractivity contribution is 7.91. The minimum absolute atomic E-state index is 0.321. The van der Waals surface area contributed by atoms with Crippen LogP contribution in [0.15, 0.2) is 16.3 Å². The summed E-state index contributed by atoms with van der Waals surface area (Å²) in [6.45, 7) is 3.12. The highest BCUT2D eigenvalue weighted by atomic mass is 32.2. The Morgan fingerprint density at radius 2 is 2.09 bits per heavy atom. The molecule has 2 aromatic heterocycles. The first-order valence-electron chi connectivity index (χ1n) is 6.68. The van der Waals surface area contributed by atoms with Gasteiger partial charge >= 0.3 is 0 Å². The highest BCUT2D eigenvalue weighted by Gasteiger charge is 2.15. The number of rotatable bonds is 7. The summed E-state index contributed by atoms with van der Waals surface area (Å²) in [6, 6.07) is 3.43. The third-order valence-corrected chi connectivity index (χ3v) is 6.25. The van der Waals surface area contributed by atoms with Crippen LogP contribution in [-0.4, -0.2) is 32.4 Å². The second-order valence-corrected chi connectivity index (χ2v) is 8.01. The summed E-state index contributed by atoms with van der Waals surface area (Å²) < 4.78 is 33.1. The van der Waals surface area contributed by atoms with Crippen LogP contribution in [0, 0.1) is 6.92 Å². The lowest BCUT2D eigenvalue weighted by Crippen LogP contribution is -2.17. The van der Waals surface area contributed by atoms with Crippen molar-refractivity contribution < 1.29 is 13.2 Å². The lowest BCUT2D eigenvalue weighted by atomic mass is 10.2. The standard InChI is InChI=1S/C13H20N4O3S2/c1-9-11(13(20-4)17(3)16-9)8-15-7-10-5-6-12(21-10)22(18,19)14-2/h5-6,14-15H,7-8H2,1-4H3. The van der Waals surface area contributed by atoms with Crippen LogP contribution < -0.4 is 14.8 Å². The van der Waals surface area contributed by atoms with Gasteiger partial charge in [0.05, 0.1) is 18.4 Å². The maximum atomic E-state index is 11.7. The third kappa shape index (κ3) is 3.49. The first-order valence-corrected chi connectivity index (χ1v) is 8.98. The number of hydrogen-bond donors (Lipinski definition) is 2. The van der Waals surface area contributed by atoms with Crippen molar-refractivity contribution in [2.24, 2.45) is 7.05 Å². The third-order valence-electron chi connectivity index (χ3n) is 3.25. The van der Waals surface area contributed by atoms with E-state index in [1.54, 1.807) is 17.9 Å². The predicted octanol–water partition coefficient (Wildman–Crippen LogP) is 0.997. The van der Waals surface area contributed by atoms with Gasteiger partial charge in [0.1, 0.15) is 4.21 Å². The topological polar surface area (TPSA) is 85.3 Å².